The first-order valence-corrected chi connectivity index (χ1v) is 12.4. The second-order valence-electron chi connectivity index (χ2n) is 7.18. The molecule has 0 aliphatic rings. The Balaban J connectivity index is 1.40. The summed E-state index contributed by atoms with van der Waals surface area (Å²) in [7, 11) is -3.45. The van der Waals surface area contributed by atoms with Crippen molar-refractivity contribution in [2.45, 2.75) is 4.90 Å². The monoisotopic (exact) mass is 482 g/mol. The number of amides is 2. The fourth-order valence-electron chi connectivity index (χ4n) is 3.10. The second kappa shape index (κ2) is 8.96. The first-order chi connectivity index (χ1) is 15.7. The Morgan fingerprint density at radius 2 is 1.94 bits per heavy atom. The van der Waals surface area contributed by atoms with Crippen molar-refractivity contribution in [3.63, 3.8) is 0 Å². The first kappa shape index (κ1) is 22.4. The molecule has 2 heterocycles. The molecule has 0 atom stereocenters. The Kier molecular flexibility index (Phi) is 6.07. The van der Waals surface area contributed by atoms with Gasteiger partial charge in [-0.25, -0.2) is 13.4 Å². The van der Waals surface area contributed by atoms with E-state index in [9.17, 15) is 22.8 Å². The van der Waals surface area contributed by atoms with Gasteiger partial charge in [0.2, 0.25) is 5.91 Å². The van der Waals surface area contributed by atoms with Crippen LogP contribution in [0.3, 0.4) is 0 Å². The zero-order valence-electron chi connectivity index (χ0n) is 17.3. The molecule has 4 rings (SSSR count). The van der Waals surface area contributed by atoms with Crippen LogP contribution in [0.15, 0.2) is 69.8 Å². The molecule has 0 radical (unpaired) electrons. The molecule has 0 aliphatic heterocycles. The Morgan fingerprint density at radius 1 is 1.12 bits per heavy atom. The molecule has 2 amide bonds. The van der Waals surface area contributed by atoms with Gasteiger partial charge in [-0.1, -0.05) is 18.2 Å². The normalized spacial score (nSPS) is 11.3. The largest absolute Gasteiger partial charge is 0.343 e. The highest BCUT2D eigenvalue weighted by molar-refractivity contribution is 7.90. The number of fused-ring (bicyclic) bond motifs is 1. The molecule has 2 aromatic heterocycles. The summed E-state index contributed by atoms with van der Waals surface area (Å²) in [6, 6.07) is 12.8. The number of benzene rings is 2. The SMILES string of the molecule is CS(=O)(=O)c1cccc(C(=O)NCC(=O)Nc2nc(-c3ccc4cc[nH]c(=O)c4c3)cs2)c1. The Labute approximate surface area is 192 Å². The van der Waals surface area contributed by atoms with Gasteiger partial charge in [-0.05, 0) is 35.7 Å². The van der Waals surface area contributed by atoms with Crippen LogP contribution in [0.5, 0.6) is 0 Å². The molecule has 2 aromatic carbocycles. The van der Waals surface area contributed by atoms with Crippen molar-refractivity contribution in [3.05, 3.63) is 76.0 Å². The summed E-state index contributed by atoms with van der Waals surface area (Å²) < 4.78 is 23.3. The summed E-state index contributed by atoms with van der Waals surface area (Å²) in [5.74, 6) is -1.06. The van der Waals surface area contributed by atoms with Crippen molar-refractivity contribution in [3.8, 4) is 11.3 Å². The summed E-state index contributed by atoms with van der Waals surface area (Å²) in [4.78, 5) is 43.6. The summed E-state index contributed by atoms with van der Waals surface area (Å²) in [6.07, 6.45) is 2.64. The van der Waals surface area contributed by atoms with Gasteiger partial charge in [-0.3, -0.25) is 14.4 Å². The Hall–Kier alpha value is -3.83. The highest BCUT2D eigenvalue weighted by atomic mass is 32.2. The van der Waals surface area contributed by atoms with Crippen molar-refractivity contribution in [2.24, 2.45) is 0 Å². The zero-order valence-corrected chi connectivity index (χ0v) is 18.9. The van der Waals surface area contributed by atoms with Crippen LogP contribution in [0.25, 0.3) is 22.0 Å². The lowest BCUT2D eigenvalue weighted by Crippen LogP contribution is -2.32. The molecular formula is C22H18N4O5S2. The number of pyridine rings is 1. The number of carbonyl (C=O) groups is 2. The lowest BCUT2D eigenvalue weighted by molar-refractivity contribution is -0.115. The van der Waals surface area contributed by atoms with Crippen LogP contribution in [0.2, 0.25) is 0 Å². The van der Waals surface area contributed by atoms with Gasteiger partial charge in [0.05, 0.1) is 17.1 Å². The van der Waals surface area contributed by atoms with E-state index in [1.54, 1.807) is 23.7 Å². The predicted molar refractivity (Wildman–Crippen MR) is 126 cm³/mol. The van der Waals surface area contributed by atoms with Crippen LogP contribution < -0.4 is 16.2 Å². The number of thiazole rings is 1. The van der Waals surface area contributed by atoms with Gasteiger partial charge in [0.25, 0.3) is 11.5 Å². The van der Waals surface area contributed by atoms with Crippen molar-refractivity contribution in [1.82, 2.24) is 15.3 Å². The van der Waals surface area contributed by atoms with E-state index in [1.165, 1.54) is 35.6 Å². The van der Waals surface area contributed by atoms with Crippen LogP contribution in [0.1, 0.15) is 10.4 Å². The maximum Gasteiger partial charge on any atom is 0.255 e. The van der Waals surface area contributed by atoms with Crippen LogP contribution in [-0.2, 0) is 14.6 Å². The van der Waals surface area contributed by atoms with Crippen molar-refractivity contribution in [2.75, 3.05) is 18.1 Å². The number of sulfone groups is 1. The average Bonchev–Trinajstić information content (AvgIpc) is 3.25. The lowest BCUT2D eigenvalue weighted by atomic mass is 10.1. The van der Waals surface area contributed by atoms with Gasteiger partial charge in [-0.15, -0.1) is 11.3 Å². The third kappa shape index (κ3) is 5.16. The fraction of sp³-hybridized carbons (Fsp3) is 0.0909. The summed E-state index contributed by atoms with van der Waals surface area (Å²) >= 11 is 1.21. The molecule has 0 saturated heterocycles. The number of aromatic nitrogens is 2. The molecule has 168 valence electrons. The van der Waals surface area contributed by atoms with E-state index in [4.69, 9.17) is 0 Å². The third-order valence-corrected chi connectivity index (χ3v) is 6.62. The molecule has 3 N–H and O–H groups in total. The standard InChI is InChI=1S/C22H18N4O5S2/c1-33(30,31)16-4-2-3-15(9-16)20(28)24-11-19(27)26-22-25-18(12-32-22)14-6-5-13-7-8-23-21(29)17(13)10-14/h2-10,12H,11H2,1H3,(H,23,29)(H,24,28)(H,25,26,27). The van der Waals surface area contributed by atoms with Crippen LogP contribution in [0, 0.1) is 0 Å². The minimum Gasteiger partial charge on any atom is -0.343 e. The van der Waals surface area contributed by atoms with Gasteiger partial charge >= 0.3 is 0 Å². The molecule has 11 heteroatoms. The molecule has 0 fully saturated rings. The Morgan fingerprint density at radius 3 is 2.73 bits per heavy atom. The van der Waals surface area contributed by atoms with Crippen molar-refractivity contribution >= 4 is 48.9 Å². The van der Waals surface area contributed by atoms with Gasteiger partial charge in [0, 0.05) is 34.3 Å². The van der Waals surface area contributed by atoms with Gasteiger partial charge in [-0.2, -0.15) is 0 Å². The predicted octanol–water partition coefficient (Wildman–Crippen LogP) is 2.42. The number of H-pyrrole nitrogens is 1. The van der Waals surface area contributed by atoms with E-state index in [0.717, 1.165) is 17.2 Å². The minimum absolute atomic E-state index is 0.0191. The minimum atomic E-state index is -3.45. The highest BCUT2D eigenvalue weighted by Gasteiger charge is 2.14. The number of hydrogen-bond acceptors (Lipinski definition) is 7. The van der Waals surface area contributed by atoms with Gasteiger partial charge < -0.3 is 15.6 Å². The van der Waals surface area contributed by atoms with Crippen LogP contribution in [-0.4, -0.2) is 43.0 Å². The van der Waals surface area contributed by atoms with E-state index in [0.29, 0.717) is 16.2 Å². The lowest BCUT2D eigenvalue weighted by Gasteiger charge is -2.06. The second-order valence-corrected chi connectivity index (χ2v) is 10.1. The smallest absolute Gasteiger partial charge is 0.255 e. The molecule has 0 unspecified atom stereocenters. The van der Waals surface area contributed by atoms with Gasteiger partial charge in [0.15, 0.2) is 15.0 Å². The average molecular weight is 483 g/mol. The van der Waals surface area contributed by atoms with Gasteiger partial charge in [0.1, 0.15) is 0 Å². The number of nitrogens with zero attached hydrogens (tertiary/aromatic N) is 1. The molecule has 0 aliphatic carbocycles. The fourth-order valence-corrected chi connectivity index (χ4v) is 4.50. The highest BCUT2D eigenvalue weighted by Crippen LogP contribution is 2.26. The van der Waals surface area contributed by atoms with Crippen LogP contribution in [0.4, 0.5) is 5.13 Å². The topological polar surface area (TPSA) is 138 Å². The number of aromatic amines is 1. The number of anilines is 1. The number of carbonyl (C=O) groups excluding carboxylic acids is 2. The summed E-state index contributed by atoms with van der Waals surface area (Å²) in [5.41, 5.74) is 1.27. The molecule has 0 saturated carbocycles. The van der Waals surface area contributed by atoms with Crippen molar-refractivity contribution < 1.29 is 18.0 Å². The molecule has 0 spiro atoms. The number of nitrogens with one attached hydrogen (secondary N) is 3. The molecular weight excluding hydrogens is 464 g/mol. The van der Waals surface area contributed by atoms with Crippen LogP contribution >= 0.6 is 11.3 Å². The maximum absolute atomic E-state index is 12.3. The summed E-state index contributed by atoms with van der Waals surface area (Å²) in [6.45, 7) is -0.317. The summed E-state index contributed by atoms with van der Waals surface area (Å²) in [5, 5.41) is 8.51. The molecule has 33 heavy (non-hydrogen) atoms. The van der Waals surface area contributed by atoms with E-state index in [2.05, 4.69) is 20.6 Å². The third-order valence-electron chi connectivity index (χ3n) is 4.76. The maximum atomic E-state index is 12.3. The van der Waals surface area contributed by atoms with E-state index in [1.807, 2.05) is 12.1 Å². The first-order valence-electron chi connectivity index (χ1n) is 9.66. The number of rotatable bonds is 6. The molecule has 9 nitrogen and oxygen atoms in total. The van der Waals surface area contributed by atoms with E-state index < -0.39 is 21.7 Å². The van der Waals surface area contributed by atoms with E-state index in [-0.39, 0.29) is 22.6 Å². The van der Waals surface area contributed by atoms with E-state index >= 15 is 0 Å². The molecule has 4 aromatic rings. The quantitative estimate of drug-likeness (QED) is 0.386. The zero-order chi connectivity index (χ0) is 23.6. The number of hydrogen-bond donors (Lipinski definition) is 3. The Bertz CT molecular complexity index is 1540. The van der Waals surface area contributed by atoms with Crippen molar-refractivity contribution in [1.29, 1.82) is 0 Å². The molecule has 0 bridgehead atoms.